The van der Waals surface area contributed by atoms with Crippen LogP contribution in [0.25, 0.3) is 0 Å². The monoisotopic (exact) mass is 501 g/mol. The van der Waals surface area contributed by atoms with E-state index in [2.05, 4.69) is 5.32 Å². The fourth-order valence-corrected chi connectivity index (χ4v) is 4.16. The average molecular weight is 502 g/mol. The zero-order chi connectivity index (χ0) is 25.5. The molecule has 2 aromatic rings. The van der Waals surface area contributed by atoms with Gasteiger partial charge < -0.3 is 38.8 Å². The molecule has 0 saturated carbocycles. The van der Waals surface area contributed by atoms with Gasteiger partial charge in [0.15, 0.2) is 18.7 Å². The van der Waals surface area contributed by atoms with Crippen LogP contribution in [0.15, 0.2) is 60.7 Å². The zero-order valence-electron chi connectivity index (χ0n) is 20.1. The van der Waals surface area contributed by atoms with Gasteiger partial charge in [0.25, 0.3) is 0 Å². The van der Waals surface area contributed by atoms with Crippen molar-refractivity contribution in [2.45, 2.75) is 63.5 Å². The van der Waals surface area contributed by atoms with Crippen molar-refractivity contribution in [3.63, 3.8) is 0 Å². The second-order valence-corrected chi connectivity index (χ2v) is 8.49. The van der Waals surface area contributed by atoms with Crippen LogP contribution in [-0.2, 0) is 39.8 Å². The van der Waals surface area contributed by atoms with Gasteiger partial charge in [-0.2, -0.15) is 0 Å². The molecule has 2 saturated heterocycles. The van der Waals surface area contributed by atoms with Crippen molar-refractivity contribution in [3.8, 4) is 0 Å². The molecule has 2 aromatic carbocycles. The van der Waals surface area contributed by atoms with Gasteiger partial charge in [-0.15, -0.1) is 0 Å². The molecule has 0 bridgehead atoms. The highest BCUT2D eigenvalue weighted by Crippen LogP contribution is 2.36. The molecule has 2 aliphatic heterocycles. The smallest absolute Gasteiger partial charge is 0.407 e. The van der Waals surface area contributed by atoms with Crippen molar-refractivity contribution in [3.05, 3.63) is 71.8 Å². The molecule has 7 atom stereocenters. The molecule has 4 rings (SSSR count). The fourth-order valence-electron chi connectivity index (χ4n) is 4.16. The summed E-state index contributed by atoms with van der Waals surface area (Å²) in [5, 5.41) is 12.3. The van der Waals surface area contributed by atoms with Gasteiger partial charge in [0.05, 0.1) is 19.8 Å². The molecule has 1 amide bonds. The maximum atomic E-state index is 12.5. The zero-order valence-corrected chi connectivity index (χ0v) is 20.1. The Morgan fingerprint density at radius 2 is 1.78 bits per heavy atom. The van der Waals surface area contributed by atoms with Crippen LogP contribution in [0.3, 0.4) is 0 Å². The Kier molecular flexibility index (Phi) is 8.89. The molecule has 36 heavy (non-hydrogen) atoms. The molecule has 2 N–H and O–H groups in total. The second kappa shape index (κ2) is 12.3. The van der Waals surface area contributed by atoms with Crippen LogP contribution in [0.1, 0.15) is 31.3 Å². The first kappa shape index (κ1) is 26.1. The first-order chi connectivity index (χ1) is 17.5. The first-order valence-corrected chi connectivity index (χ1v) is 11.9. The summed E-state index contributed by atoms with van der Waals surface area (Å²) in [6, 6.07) is 17.9. The van der Waals surface area contributed by atoms with E-state index in [0.717, 1.165) is 11.1 Å². The van der Waals surface area contributed by atoms with Crippen LogP contribution < -0.4 is 5.32 Å². The summed E-state index contributed by atoms with van der Waals surface area (Å²) in [4.78, 5) is 24.1. The Morgan fingerprint density at radius 1 is 1.08 bits per heavy atom. The molecule has 0 aliphatic carbocycles. The molecular formula is C26H31NO9. The van der Waals surface area contributed by atoms with Gasteiger partial charge >= 0.3 is 12.1 Å². The predicted molar refractivity (Wildman–Crippen MR) is 126 cm³/mol. The Labute approximate surface area is 209 Å². The van der Waals surface area contributed by atoms with Crippen molar-refractivity contribution >= 4 is 12.1 Å². The van der Waals surface area contributed by atoms with E-state index in [-0.39, 0.29) is 19.8 Å². The molecular weight excluding hydrogens is 470 g/mol. The van der Waals surface area contributed by atoms with Crippen molar-refractivity contribution in [1.82, 2.24) is 5.32 Å². The highest BCUT2D eigenvalue weighted by atomic mass is 16.8. The van der Waals surface area contributed by atoms with E-state index in [1.54, 1.807) is 6.92 Å². The number of carbonyl (C=O) groups excluding carboxylic acids is 1. The van der Waals surface area contributed by atoms with Gasteiger partial charge in [0.1, 0.15) is 24.4 Å². The predicted octanol–water partition coefficient (Wildman–Crippen LogP) is 3.02. The van der Waals surface area contributed by atoms with Gasteiger partial charge in [-0.1, -0.05) is 60.7 Å². The summed E-state index contributed by atoms with van der Waals surface area (Å²) in [6.07, 6.45) is -5.91. The van der Waals surface area contributed by atoms with Gasteiger partial charge in [0, 0.05) is 5.56 Å². The van der Waals surface area contributed by atoms with Crippen LogP contribution in [0.2, 0.25) is 0 Å². The highest BCUT2D eigenvalue weighted by molar-refractivity contribution is 5.71. The Morgan fingerprint density at radius 3 is 2.44 bits per heavy atom. The number of ether oxygens (including phenoxy) is 6. The van der Waals surface area contributed by atoms with Gasteiger partial charge in [-0.25, -0.2) is 9.59 Å². The van der Waals surface area contributed by atoms with Crippen LogP contribution in [-0.4, -0.2) is 67.1 Å². The normalized spacial score (nSPS) is 28.5. The van der Waals surface area contributed by atoms with Crippen LogP contribution in [0.4, 0.5) is 4.79 Å². The molecule has 2 unspecified atom stereocenters. The Hall–Kier alpha value is -3.02. The summed E-state index contributed by atoms with van der Waals surface area (Å²) >= 11 is 0. The number of aliphatic carboxylic acids is 1. The van der Waals surface area contributed by atoms with Crippen molar-refractivity contribution in [2.75, 3.05) is 13.2 Å². The van der Waals surface area contributed by atoms with E-state index < -0.39 is 55.1 Å². The Bertz CT molecular complexity index is 989. The maximum absolute atomic E-state index is 12.5. The highest BCUT2D eigenvalue weighted by Gasteiger charge is 2.52. The number of hydrogen-bond donors (Lipinski definition) is 2. The third kappa shape index (κ3) is 6.40. The lowest BCUT2D eigenvalue weighted by Gasteiger charge is -2.49. The molecule has 2 fully saturated rings. The topological polar surface area (TPSA) is 122 Å². The number of carboxylic acids is 1. The van der Waals surface area contributed by atoms with Crippen molar-refractivity contribution in [1.29, 1.82) is 0 Å². The number of hydrogen-bond acceptors (Lipinski definition) is 8. The van der Waals surface area contributed by atoms with Crippen molar-refractivity contribution in [2.24, 2.45) is 0 Å². The minimum absolute atomic E-state index is 0.151. The second-order valence-electron chi connectivity index (χ2n) is 8.49. The number of alkyl carbamates (subject to hydrolysis) is 1. The van der Waals surface area contributed by atoms with Gasteiger partial charge in [-0.05, 0) is 19.4 Å². The molecule has 0 radical (unpaired) electrons. The molecule has 2 heterocycles. The van der Waals surface area contributed by atoms with Gasteiger partial charge in [0.2, 0.25) is 0 Å². The SMILES string of the molecule is CCOC(=O)N[C@H]1[C@@H](OCc2ccccc2)O[C@@H]2COC(c3ccccc3)O[C@H]2[C@@H]1OC(C)C(=O)O. The largest absolute Gasteiger partial charge is 0.479 e. The Balaban J connectivity index is 1.61. The van der Waals surface area contributed by atoms with E-state index >= 15 is 0 Å². The van der Waals surface area contributed by atoms with E-state index in [1.807, 2.05) is 60.7 Å². The quantitative estimate of drug-likeness (QED) is 0.534. The third-order valence-corrected chi connectivity index (χ3v) is 5.94. The number of fused-ring (bicyclic) bond motifs is 1. The molecule has 194 valence electrons. The van der Waals surface area contributed by atoms with Crippen LogP contribution in [0, 0.1) is 0 Å². The number of benzene rings is 2. The minimum Gasteiger partial charge on any atom is -0.479 e. The minimum atomic E-state index is -1.18. The number of rotatable bonds is 9. The number of carboxylic acid groups (broad SMARTS) is 1. The summed E-state index contributed by atoms with van der Waals surface area (Å²) in [6.45, 7) is 3.60. The number of amides is 1. The number of nitrogens with one attached hydrogen (secondary N) is 1. The fraction of sp³-hybridized carbons (Fsp3) is 0.462. The number of carbonyl (C=O) groups is 2. The van der Waals surface area contributed by atoms with Crippen molar-refractivity contribution < 1.29 is 43.1 Å². The lowest BCUT2D eigenvalue weighted by molar-refractivity contribution is -0.351. The van der Waals surface area contributed by atoms with Crippen LogP contribution >= 0.6 is 0 Å². The molecule has 10 heteroatoms. The first-order valence-electron chi connectivity index (χ1n) is 11.9. The summed E-state index contributed by atoms with van der Waals surface area (Å²) in [5.41, 5.74) is 1.69. The maximum Gasteiger partial charge on any atom is 0.407 e. The summed E-state index contributed by atoms with van der Waals surface area (Å²) < 4.78 is 35.5. The molecule has 0 aromatic heterocycles. The van der Waals surface area contributed by atoms with Crippen LogP contribution in [0.5, 0.6) is 0 Å². The third-order valence-electron chi connectivity index (χ3n) is 5.94. The molecule has 0 spiro atoms. The summed E-state index contributed by atoms with van der Waals surface area (Å²) in [7, 11) is 0. The van der Waals surface area contributed by atoms with E-state index in [1.165, 1.54) is 6.92 Å². The van der Waals surface area contributed by atoms with E-state index in [9.17, 15) is 14.7 Å². The lowest BCUT2D eigenvalue weighted by Crippen LogP contribution is -2.68. The van der Waals surface area contributed by atoms with Gasteiger partial charge in [-0.3, -0.25) is 0 Å². The summed E-state index contributed by atoms with van der Waals surface area (Å²) in [5.74, 6) is -1.15. The average Bonchev–Trinajstić information content (AvgIpc) is 2.89. The van der Waals surface area contributed by atoms with E-state index in [4.69, 9.17) is 28.4 Å². The lowest BCUT2D eigenvalue weighted by atomic mass is 9.95. The molecule has 10 nitrogen and oxygen atoms in total. The molecule has 2 aliphatic rings. The standard InChI is InChI=1S/C26H31NO9/c1-3-31-26(30)27-20-22(34-16(2)23(28)29)21-19(15-33-24(36-21)18-12-8-5-9-13-18)35-25(20)32-14-17-10-6-4-7-11-17/h4-13,16,19-22,24-25H,3,14-15H2,1-2H3,(H,27,30)(H,28,29)/t16?,19-,20-,21-,22-,24?,25+/m1/s1. The van der Waals surface area contributed by atoms with E-state index in [0.29, 0.717) is 0 Å².